The molecular formula is C14H25N3. The minimum Gasteiger partial charge on any atom is -0.308 e. The molecule has 0 bridgehead atoms. The van der Waals surface area contributed by atoms with Crippen LogP contribution in [-0.2, 0) is 12.0 Å². The van der Waals surface area contributed by atoms with Crippen LogP contribution in [0, 0.1) is 6.92 Å². The Bertz CT molecular complexity index is 383. The number of aryl methyl sites for hydroxylation is 1. The van der Waals surface area contributed by atoms with Gasteiger partial charge in [0, 0.05) is 35.0 Å². The largest absolute Gasteiger partial charge is 0.308 e. The van der Waals surface area contributed by atoms with E-state index < -0.39 is 0 Å². The maximum Gasteiger partial charge on any atom is 0.133 e. The summed E-state index contributed by atoms with van der Waals surface area (Å²) in [4.78, 5) is 9.05. The molecule has 1 aromatic heterocycles. The second-order valence-electron chi connectivity index (χ2n) is 6.66. The van der Waals surface area contributed by atoms with E-state index in [-0.39, 0.29) is 11.0 Å². The zero-order chi connectivity index (χ0) is 13.3. The Kier molecular flexibility index (Phi) is 3.92. The summed E-state index contributed by atoms with van der Waals surface area (Å²) < 4.78 is 0. The lowest BCUT2D eigenvalue weighted by Gasteiger charge is -2.22. The molecule has 1 aromatic rings. The van der Waals surface area contributed by atoms with Gasteiger partial charge in [0.1, 0.15) is 5.82 Å². The minimum absolute atomic E-state index is 0.0146. The van der Waals surface area contributed by atoms with Gasteiger partial charge in [-0.25, -0.2) is 9.97 Å². The van der Waals surface area contributed by atoms with Gasteiger partial charge < -0.3 is 5.32 Å². The van der Waals surface area contributed by atoms with E-state index in [1.54, 1.807) is 0 Å². The first-order valence-corrected chi connectivity index (χ1v) is 6.17. The molecule has 0 saturated heterocycles. The number of aromatic nitrogens is 2. The van der Waals surface area contributed by atoms with Crippen LogP contribution in [0.3, 0.4) is 0 Å². The third-order valence-corrected chi connectivity index (χ3v) is 2.56. The van der Waals surface area contributed by atoms with E-state index in [2.05, 4.69) is 63.8 Å². The van der Waals surface area contributed by atoms with Gasteiger partial charge in [-0.3, -0.25) is 0 Å². The molecule has 3 heteroatoms. The van der Waals surface area contributed by atoms with Gasteiger partial charge in [0.2, 0.25) is 0 Å². The summed E-state index contributed by atoms with van der Waals surface area (Å²) in [6, 6.07) is 0. The molecule has 0 aliphatic rings. The summed E-state index contributed by atoms with van der Waals surface area (Å²) in [7, 11) is 0. The van der Waals surface area contributed by atoms with Crippen molar-refractivity contribution in [2.75, 3.05) is 0 Å². The lowest BCUT2D eigenvalue weighted by molar-refractivity contribution is 0.422. The number of nitrogens with zero attached hydrogens (tertiary/aromatic N) is 2. The Morgan fingerprint density at radius 2 is 1.71 bits per heavy atom. The van der Waals surface area contributed by atoms with Crippen molar-refractivity contribution in [2.24, 2.45) is 0 Å². The Labute approximate surface area is 105 Å². The molecule has 3 nitrogen and oxygen atoms in total. The first kappa shape index (κ1) is 14.1. The Morgan fingerprint density at radius 1 is 1.12 bits per heavy atom. The number of rotatable bonds is 2. The molecule has 0 atom stereocenters. The third kappa shape index (κ3) is 4.43. The Hall–Kier alpha value is -0.960. The normalized spacial score (nSPS) is 12.9. The van der Waals surface area contributed by atoms with Gasteiger partial charge in [-0.05, 0) is 27.7 Å². The summed E-state index contributed by atoms with van der Waals surface area (Å²) in [5.74, 6) is 0.912. The number of hydrogen-bond acceptors (Lipinski definition) is 3. The molecule has 1 rings (SSSR count). The smallest absolute Gasteiger partial charge is 0.133 e. The SMILES string of the molecule is Cc1nc(C(C)(C)C)ncc1CNC(C)(C)C. The van der Waals surface area contributed by atoms with Crippen LogP contribution in [0.15, 0.2) is 6.20 Å². The highest BCUT2D eigenvalue weighted by atomic mass is 15.0. The van der Waals surface area contributed by atoms with E-state index in [4.69, 9.17) is 0 Å². The number of nitrogens with one attached hydrogen (secondary N) is 1. The zero-order valence-electron chi connectivity index (χ0n) is 12.2. The van der Waals surface area contributed by atoms with Crippen LogP contribution in [0.1, 0.15) is 58.6 Å². The maximum absolute atomic E-state index is 4.59. The molecule has 1 N–H and O–H groups in total. The third-order valence-electron chi connectivity index (χ3n) is 2.56. The van der Waals surface area contributed by atoms with Crippen LogP contribution in [0.25, 0.3) is 0 Å². The van der Waals surface area contributed by atoms with E-state index in [1.165, 1.54) is 5.56 Å². The average molecular weight is 235 g/mol. The van der Waals surface area contributed by atoms with Crippen LogP contribution in [0.5, 0.6) is 0 Å². The predicted octanol–water partition coefficient (Wildman–Crippen LogP) is 2.97. The van der Waals surface area contributed by atoms with Crippen molar-refractivity contribution in [3.63, 3.8) is 0 Å². The van der Waals surface area contributed by atoms with Gasteiger partial charge in [0.05, 0.1) is 0 Å². The van der Waals surface area contributed by atoms with Gasteiger partial charge in [-0.15, -0.1) is 0 Å². The average Bonchev–Trinajstić information content (AvgIpc) is 2.12. The van der Waals surface area contributed by atoms with Crippen LogP contribution in [-0.4, -0.2) is 15.5 Å². The van der Waals surface area contributed by atoms with E-state index in [1.807, 2.05) is 6.20 Å². The molecule has 0 aliphatic heterocycles. The molecular weight excluding hydrogens is 210 g/mol. The fourth-order valence-electron chi connectivity index (χ4n) is 1.39. The van der Waals surface area contributed by atoms with Crippen molar-refractivity contribution in [1.29, 1.82) is 0 Å². The van der Waals surface area contributed by atoms with Crippen LogP contribution in [0.2, 0.25) is 0 Å². The van der Waals surface area contributed by atoms with Gasteiger partial charge in [-0.1, -0.05) is 20.8 Å². The Balaban J connectivity index is 2.84. The fourth-order valence-corrected chi connectivity index (χ4v) is 1.39. The fraction of sp³-hybridized carbons (Fsp3) is 0.714. The van der Waals surface area contributed by atoms with E-state index in [0.29, 0.717) is 0 Å². The molecule has 0 radical (unpaired) electrons. The van der Waals surface area contributed by atoms with Crippen molar-refractivity contribution in [3.8, 4) is 0 Å². The standard InChI is InChI=1S/C14H25N3/c1-10-11(9-16-14(5,6)7)8-15-12(17-10)13(2,3)4/h8,16H,9H2,1-7H3. The molecule has 0 amide bonds. The summed E-state index contributed by atoms with van der Waals surface area (Å²) in [5.41, 5.74) is 2.38. The molecule has 0 unspecified atom stereocenters. The second-order valence-corrected chi connectivity index (χ2v) is 6.66. The van der Waals surface area contributed by atoms with Crippen LogP contribution >= 0.6 is 0 Å². The molecule has 0 spiro atoms. The van der Waals surface area contributed by atoms with E-state index in [9.17, 15) is 0 Å². The minimum atomic E-state index is 0.0146. The first-order chi connectivity index (χ1) is 7.59. The molecule has 96 valence electrons. The molecule has 17 heavy (non-hydrogen) atoms. The Morgan fingerprint density at radius 3 is 2.12 bits per heavy atom. The van der Waals surface area contributed by atoms with Gasteiger partial charge >= 0.3 is 0 Å². The molecule has 1 heterocycles. The van der Waals surface area contributed by atoms with Gasteiger partial charge in [-0.2, -0.15) is 0 Å². The summed E-state index contributed by atoms with van der Waals surface area (Å²) in [5, 5.41) is 3.46. The van der Waals surface area contributed by atoms with Gasteiger partial charge in [0.15, 0.2) is 0 Å². The highest BCUT2D eigenvalue weighted by Crippen LogP contribution is 2.19. The molecule has 0 aliphatic carbocycles. The van der Waals surface area contributed by atoms with Crippen molar-refractivity contribution in [1.82, 2.24) is 15.3 Å². The van der Waals surface area contributed by atoms with E-state index >= 15 is 0 Å². The topological polar surface area (TPSA) is 37.8 Å². The van der Waals surface area contributed by atoms with Crippen molar-refractivity contribution < 1.29 is 0 Å². The quantitative estimate of drug-likeness (QED) is 0.856. The summed E-state index contributed by atoms with van der Waals surface area (Å²) in [6.45, 7) is 15.8. The molecule has 0 fully saturated rings. The highest BCUT2D eigenvalue weighted by Gasteiger charge is 2.18. The lowest BCUT2D eigenvalue weighted by Crippen LogP contribution is -2.35. The van der Waals surface area contributed by atoms with Crippen molar-refractivity contribution in [3.05, 3.63) is 23.3 Å². The van der Waals surface area contributed by atoms with Crippen molar-refractivity contribution >= 4 is 0 Å². The highest BCUT2D eigenvalue weighted by molar-refractivity contribution is 5.18. The zero-order valence-corrected chi connectivity index (χ0v) is 12.2. The monoisotopic (exact) mass is 235 g/mol. The predicted molar refractivity (Wildman–Crippen MR) is 72.1 cm³/mol. The summed E-state index contributed by atoms with van der Waals surface area (Å²) in [6.07, 6.45) is 1.95. The van der Waals surface area contributed by atoms with Crippen molar-refractivity contribution in [2.45, 2.75) is 66.0 Å². The lowest BCUT2D eigenvalue weighted by atomic mass is 9.95. The summed E-state index contributed by atoms with van der Waals surface area (Å²) >= 11 is 0. The van der Waals surface area contributed by atoms with Crippen LogP contribution < -0.4 is 5.32 Å². The molecule has 0 aromatic carbocycles. The van der Waals surface area contributed by atoms with Crippen LogP contribution in [0.4, 0.5) is 0 Å². The maximum atomic E-state index is 4.59. The molecule has 0 saturated carbocycles. The van der Waals surface area contributed by atoms with E-state index in [0.717, 1.165) is 18.1 Å². The van der Waals surface area contributed by atoms with Gasteiger partial charge in [0.25, 0.3) is 0 Å². The number of hydrogen-bond donors (Lipinski definition) is 1. The first-order valence-electron chi connectivity index (χ1n) is 6.17. The second kappa shape index (κ2) is 4.73.